The van der Waals surface area contributed by atoms with Gasteiger partial charge in [-0.2, -0.15) is 0 Å². The van der Waals surface area contributed by atoms with Crippen molar-refractivity contribution < 1.29 is 0 Å². The summed E-state index contributed by atoms with van der Waals surface area (Å²) >= 11 is 0. The standard InChI is InChI=1S/C11H10.C11H16.C2H6/c1-9-5-4-7-10-6-2-3-8-11(9)10;1-9-7-5-6-8-10(9)11(2,3)4;1-2/h2-8H,1H3;5-8H,1-4H3;1-2H3. The Hall–Kier alpha value is -2.08. The first-order chi connectivity index (χ1) is 11.4. The van der Waals surface area contributed by atoms with E-state index >= 15 is 0 Å². The van der Waals surface area contributed by atoms with Gasteiger partial charge in [-0.3, -0.25) is 0 Å². The minimum atomic E-state index is 0.283. The second kappa shape index (κ2) is 9.27. The highest BCUT2D eigenvalue weighted by molar-refractivity contribution is 5.85. The minimum absolute atomic E-state index is 0.283. The molecule has 0 amide bonds. The van der Waals surface area contributed by atoms with Gasteiger partial charge in [0.1, 0.15) is 0 Å². The Morgan fingerprint density at radius 2 is 1.08 bits per heavy atom. The van der Waals surface area contributed by atoms with E-state index in [1.165, 1.54) is 27.5 Å². The number of aryl methyl sites for hydroxylation is 2. The first kappa shape index (κ1) is 20.0. The molecule has 0 aliphatic carbocycles. The van der Waals surface area contributed by atoms with E-state index in [9.17, 15) is 0 Å². The molecule has 3 rings (SSSR count). The van der Waals surface area contributed by atoms with E-state index in [1.54, 1.807) is 0 Å². The molecule has 0 aromatic heterocycles. The molecule has 0 fully saturated rings. The Balaban J connectivity index is 0.000000218. The van der Waals surface area contributed by atoms with Gasteiger partial charge in [0, 0.05) is 0 Å². The van der Waals surface area contributed by atoms with Crippen LogP contribution in [0.5, 0.6) is 0 Å². The molecule has 0 heterocycles. The summed E-state index contributed by atoms with van der Waals surface area (Å²) < 4.78 is 0. The average Bonchev–Trinajstić information content (AvgIpc) is 2.57. The van der Waals surface area contributed by atoms with Crippen LogP contribution in [0.2, 0.25) is 0 Å². The van der Waals surface area contributed by atoms with E-state index in [0.29, 0.717) is 0 Å². The van der Waals surface area contributed by atoms with Gasteiger partial charge < -0.3 is 0 Å². The molecule has 0 saturated heterocycles. The fourth-order valence-electron chi connectivity index (χ4n) is 2.80. The number of benzene rings is 3. The molecule has 24 heavy (non-hydrogen) atoms. The van der Waals surface area contributed by atoms with Crippen LogP contribution in [0.4, 0.5) is 0 Å². The summed E-state index contributed by atoms with van der Waals surface area (Å²) in [5.74, 6) is 0. The largest absolute Gasteiger partial charge is 0.0683 e. The third-order valence-corrected chi connectivity index (χ3v) is 3.96. The molecule has 0 heteroatoms. The Morgan fingerprint density at radius 3 is 1.62 bits per heavy atom. The van der Waals surface area contributed by atoms with E-state index in [0.717, 1.165) is 0 Å². The number of rotatable bonds is 0. The van der Waals surface area contributed by atoms with Crippen LogP contribution in [0.25, 0.3) is 10.8 Å². The van der Waals surface area contributed by atoms with Crippen molar-refractivity contribution in [2.24, 2.45) is 0 Å². The molecular formula is C24H32. The Morgan fingerprint density at radius 1 is 0.583 bits per heavy atom. The fourth-order valence-corrected chi connectivity index (χ4v) is 2.80. The Bertz CT molecular complexity index is 740. The molecule has 3 aromatic carbocycles. The normalized spacial score (nSPS) is 10.3. The fraction of sp³-hybridized carbons (Fsp3) is 0.333. The molecule has 0 aliphatic heterocycles. The maximum atomic E-state index is 2.25. The summed E-state index contributed by atoms with van der Waals surface area (Å²) in [6, 6.07) is 23.4. The molecule has 0 spiro atoms. The average molecular weight is 321 g/mol. The maximum absolute atomic E-state index is 2.25. The zero-order chi connectivity index (χ0) is 18.2. The third kappa shape index (κ3) is 5.53. The van der Waals surface area contributed by atoms with Crippen LogP contribution in [0.15, 0.2) is 66.7 Å². The van der Waals surface area contributed by atoms with Crippen LogP contribution in [0.3, 0.4) is 0 Å². The highest BCUT2D eigenvalue weighted by Crippen LogP contribution is 2.24. The van der Waals surface area contributed by atoms with Gasteiger partial charge in [-0.1, -0.05) is 101 Å². The SMILES string of the molecule is CC.Cc1cccc2ccccc12.Cc1ccccc1C(C)(C)C. The molecule has 128 valence electrons. The quantitative estimate of drug-likeness (QED) is 0.403. The highest BCUT2D eigenvalue weighted by atomic mass is 14.2. The lowest BCUT2D eigenvalue weighted by molar-refractivity contribution is 0.586. The molecule has 0 unspecified atom stereocenters. The van der Waals surface area contributed by atoms with E-state index in [1.807, 2.05) is 13.8 Å². The summed E-state index contributed by atoms with van der Waals surface area (Å²) in [7, 11) is 0. The van der Waals surface area contributed by atoms with E-state index in [2.05, 4.69) is 101 Å². The molecule has 0 nitrogen and oxygen atoms in total. The molecule has 0 saturated carbocycles. The van der Waals surface area contributed by atoms with Crippen molar-refractivity contribution in [3.8, 4) is 0 Å². The van der Waals surface area contributed by atoms with Crippen molar-refractivity contribution in [1.29, 1.82) is 0 Å². The van der Waals surface area contributed by atoms with Crippen molar-refractivity contribution in [2.45, 2.75) is 53.9 Å². The Labute approximate surface area is 148 Å². The van der Waals surface area contributed by atoms with Crippen molar-refractivity contribution in [1.82, 2.24) is 0 Å². The molecule has 0 aliphatic rings. The summed E-state index contributed by atoms with van der Waals surface area (Å²) in [5, 5.41) is 2.68. The molecular weight excluding hydrogens is 288 g/mol. The second-order valence-electron chi connectivity index (χ2n) is 6.86. The van der Waals surface area contributed by atoms with Crippen LogP contribution in [0, 0.1) is 13.8 Å². The molecule has 0 bridgehead atoms. The summed E-state index contributed by atoms with van der Waals surface area (Å²) in [5.41, 5.74) is 4.47. The lowest BCUT2D eigenvalue weighted by Gasteiger charge is -2.21. The third-order valence-electron chi connectivity index (χ3n) is 3.96. The first-order valence-electron chi connectivity index (χ1n) is 8.90. The highest BCUT2D eigenvalue weighted by Gasteiger charge is 2.14. The number of fused-ring (bicyclic) bond motifs is 1. The van der Waals surface area contributed by atoms with Crippen LogP contribution < -0.4 is 0 Å². The predicted octanol–water partition coefficient (Wildman–Crippen LogP) is 7.47. The predicted molar refractivity (Wildman–Crippen MR) is 110 cm³/mol. The topological polar surface area (TPSA) is 0 Å². The zero-order valence-electron chi connectivity index (χ0n) is 16.4. The van der Waals surface area contributed by atoms with Gasteiger partial charge in [-0.25, -0.2) is 0 Å². The monoisotopic (exact) mass is 320 g/mol. The smallest absolute Gasteiger partial charge is 0.0129 e. The van der Waals surface area contributed by atoms with E-state index < -0.39 is 0 Å². The summed E-state index contributed by atoms with van der Waals surface area (Å²) in [6.07, 6.45) is 0. The van der Waals surface area contributed by atoms with Gasteiger partial charge in [0.05, 0.1) is 0 Å². The Kier molecular flexibility index (Phi) is 7.71. The molecule has 3 aromatic rings. The molecule has 0 radical (unpaired) electrons. The van der Waals surface area contributed by atoms with Crippen LogP contribution in [0.1, 0.15) is 51.3 Å². The van der Waals surface area contributed by atoms with Gasteiger partial charge in [0.25, 0.3) is 0 Å². The van der Waals surface area contributed by atoms with Gasteiger partial charge in [-0.15, -0.1) is 0 Å². The van der Waals surface area contributed by atoms with Crippen molar-refractivity contribution in [2.75, 3.05) is 0 Å². The summed E-state index contributed by atoms with van der Waals surface area (Å²) in [6.45, 7) is 15.0. The van der Waals surface area contributed by atoms with Crippen LogP contribution >= 0.6 is 0 Å². The minimum Gasteiger partial charge on any atom is -0.0683 e. The van der Waals surface area contributed by atoms with Crippen molar-refractivity contribution in [3.05, 3.63) is 83.4 Å². The van der Waals surface area contributed by atoms with Crippen molar-refractivity contribution >= 4 is 10.8 Å². The maximum Gasteiger partial charge on any atom is -0.0129 e. The zero-order valence-corrected chi connectivity index (χ0v) is 16.4. The second-order valence-corrected chi connectivity index (χ2v) is 6.86. The molecule has 0 N–H and O–H groups in total. The lowest BCUT2D eigenvalue weighted by Crippen LogP contribution is -2.12. The first-order valence-corrected chi connectivity index (χ1v) is 8.90. The van der Waals surface area contributed by atoms with Gasteiger partial charge in [-0.05, 0) is 46.7 Å². The summed E-state index contributed by atoms with van der Waals surface area (Å²) in [4.78, 5) is 0. The van der Waals surface area contributed by atoms with Crippen LogP contribution in [-0.2, 0) is 5.41 Å². The van der Waals surface area contributed by atoms with E-state index in [-0.39, 0.29) is 5.41 Å². The van der Waals surface area contributed by atoms with E-state index in [4.69, 9.17) is 0 Å². The molecule has 0 atom stereocenters. The van der Waals surface area contributed by atoms with Gasteiger partial charge in [0.2, 0.25) is 0 Å². The van der Waals surface area contributed by atoms with Gasteiger partial charge in [0.15, 0.2) is 0 Å². The van der Waals surface area contributed by atoms with Crippen molar-refractivity contribution in [3.63, 3.8) is 0 Å². The van der Waals surface area contributed by atoms with Gasteiger partial charge >= 0.3 is 0 Å². The number of hydrogen-bond donors (Lipinski definition) is 0. The lowest BCUT2D eigenvalue weighted by atomic mass is 9.84. The van der Waals surface area contributed by atoms with Crippen LogP contribution in [-0.4, -0.2) is 0 Å². The number of hydrogen-bond acceptors (Lipinski definition) is 0.